The van der Waals surface area contributed by atoms with Crippen molar-refractivity contribution < 1.29 is 12.8 Å². The molecule has 112 valence electrons. The first-order valence-electron chi connectivity index (χ1n) is 5.49. The fourth-order valence-electron chi connectivity index (χ4n) is 1.64. The van der Waals surface area contributed by atoms with Crippen molar-refractivity contribution in [2.75, 3.05) is 0 Å². The molecule has 1 aromatic carbocycles. The number of primary sulfonamides is 1. The maximum atomic E-state index is 13.7. The quantitative estimate of drug-likeness (QED) is 0.824. The van der Waals surface area contributed by atoms with Crippen LogP contribution in [0.25, 0.3) is 0 Å². The van der Waals surface area contributed by atoms with Crippen LogP contribution in [0.2, 0.25) is 5.02 Å². The van der Waals surface area contributed by atoms with Crippen LogP contribution in [0.3, 0.4) is 0 Å². The molecule has 1 aromatic heterocycles. The molecule has 21 heavy (non-hydrogen) atoms. The number of H-pyrrole nitrogens is 1. The molecule has 0 amide bonds. The number of nitrogens with zero attached hydrogens (tertiary/aromatic N) is 1. The van der Waals surface area contributed by atoms with Crippen molar-refractivity contribution in [2.24, 2.45) is 5.14 Å². The van der Waals surface area contributed by atoms with E-state index >= 15 is 0 Å². The minimum Gasteiger partial charge on any atom is -0.295 e. The van der Waals surface area contributed by atoms with Crippen molar-refractivity contribution in [2.45, 2.75) is 11.4 Å². The Labute approximate surface area is 122 Å². The van der Waals surface area contributed by atoms with Crippen molar-refractivity contribution in [3.63, 3.8) is 0 Å². The Kier molecular flexibility index (Phi) is 3.99. The van der Waals surface area contributed by atoms with Gasteiger partial charge in [0.1, 0.15) is 5.82 Å². The second-order valence-electron chi connectivity index (χ2n) is 4.16. The van der Waals surface area contributed by atoms with E-state index in [1.807, 2.05) is 4.98 Å². The van der Waals surface area contributed by atoms with Crippen LogP contribution in [-0.2, 0) is 16.6 Å². The number of aromatic amines is 1. The highest BCUT2D eigenvalue weighted by Gasteiger charge is 2.16. The third-order valence-electron chi connectivity index (χ3n) is 2.64. The van der Waals surface area contributed by atoms with Gasteiger partial charge in [0.15, 0.2) is 4.90 Å². The molecule has 0 atom stereocenters. The zero-order valence-corrected chi connectivity index (χ0v) is 11.9. The van der Waals surface area contributed by atoms with Gasteiger partial charge in [-0.1, -0.05) is 17.7 Å². The zero-order valence-electron chi connectivity index (χ0n) is 10.3. The Balaban J connectivity index is 2.55. The maximum absolute atomic E-state index is 13.7. The van der Waals surface area contributed by atoms with Crippen molar-refractivity contribution in [1.82, 2.24) is 9.55 Å². The molecule has 0 radical (unpaired) electrons. The molecule has 3 N–H and O–H groups in total. The summed E-state index contributed by atoms with van der Waals surface area (Å²) in [5.74, 6) is -0.669. The van der Waals surface area contributed by atoms with Gasteiger partial charge < -0.3 is 0 Å². The topological polar surface area (TPSA) is 115 Å². The molecule has 7 nitrogen and oxygen atoms in total. The molecule has 0 aliphatic carbocycles. The second kappa shape index (κ2) is 5.43. The van der Waals surface area contributed by atoms with E-state index in [0.717, 1.165) is 16.8 Å². The van der Waals surface area contributed by atoms with E-state index in [1.54, 1.807) is 0 Å². The summed E-state index contributed by atoms with van der Waals surface area (Å²) in [7, 11) is -4.30. The third-order valence-corrected chi connectivity index (χ3v) is 3.78. The van der Waals surface area contributed by atoms with Crippen LogP contribution in [0.4, 0.5) is 4.39 Å². The van der Waals surface area contributed by atoms with Crippen LogP contribution >= 0.6 is 11.6 Å². The number of nitrogens with two attached hydrogens (primary N) is 1. The van der Waals surface area contributed by atoms with Gasteiger partial charge in [0, 0.05) is 16.8 Å². The van der Waals surface area contributed by atoms with E-state index in [1.165, 1.54) is 12.1 Å². The average Bonchev–Trinajstić information content (AvgIpc) is 2.33. The molecule has 0 unspecified atom stereocenters. The number of halogens is 2. The predicted octanol–water partition coefficient (Wildman–Crippen LogP) is 0.0248. The zero-order chi connectivity index (χ0) is 15.8. The van der Waals surface area contributed by atoms with Crippen molar-refractivity contribution in [3.05, 3.63) is 61.6 Å². The average molecular weight is 334 g/mol. The monoisotopic (exact) mass is 333 g/mol. The molecule has 1 heterocycles. The van der Waals surface area contributed by atoms with Crippen LogP contribution in [0.5, 0.6) is 0 Å². The lowest BCUT2D eigenvalue weighted by Gasteiger charge is -2.08. The number of hydrogen-bond donors (Lipinski definition) is 2. The summed E-state index contributed by atoms with van der Waals surface area (Å²) < 4.78 is 37.0. The molecule has 0 bridgehead atoms. The van der Waals surface area contributed by atoms with E-state index in [2.05, 4.69) is 0 Å². The Bertz CT molecular complexity index is 920. The lowest BCUT2D eigenvalue weighted by atomic mass is 10.2. The lowest BCUT2D eigenvalue weighted by molar-refractivity contribution is 0.582. The molecule has 2 rings (SSSR count). The van der Waals surface area contributed by atoms with Gasteiger partial charge in [0.05, 0.1) is 6.54 Å². The SMILES string of the molecule is NS(=O)(=O)c1cn(Cc2ccc(Cl)cc2F)c(=O)[nH]c1=O. The predicted molar refractivity (Wildman–Crippen MR) is 73.2 cm³/mol. The first-order chi connectivity index (χ1) is 9.68. The Morgan fingerprint density at radius 3 is 2.57 bits per heavy atom. The summed E-state index contributed by atoms with van der Waals surface area (Å²) in [6.07, 6.45) is 0.768. The van der Waals surface area contributed by atoms with Crippen LogP contribution in [0, 0.1) is 5.82 Å². The highest BCUT2D eigenvalue weighted by Crippen LogP contribution is 2.15. The third kappa shape index (κ3) is 3.38. The molecule has 0 spiro atoms. The summed E-state index contributed by atoms with van der Waals surface area (Å²) in [6.45, 7) is -0.291. The molecule has 2 aromatic rings. The van der Waals surface area contributed by atoms with E-state index in [9.17, 15) is 22.4 Å². The van der Waals surface area contributed by atoms with Gasteiger partial charge in [-0.2, -0.15) is 0 Å². The normalized spacial score (nSPS) is 11.6. The summed E-state index contributed by atoms with van der Waals surface area (Å²) in [5.41, 5.74) is -1.93. The summed E-state index contributed by atoms with van der Waals surface area (Å²) >= 11 is 5.61. The molecule has 0 aliphatic rings. The number of rotatable bonds is 3. The standard InChI is InChI=1S/C11H9ClFN3O4S/c12-7-2-1-6(8(13)3-7)4-16-5-9(21(14,19)20)10(17)15-11(16)18/h1-3,5H,4H2,(H2,14,19,20)(H,15,17,18). The molecule has 10 heteroatoms. The molecule has 0 saturated heterocycles. The van der Waals surface area contributed by atoms with Crippen LogP contribution in [0.1, 0.15) is 5.56 Å². The summed E-state index contributed by atoms with van der Waals surface area (Å²) in [4.78, 5) is 24.0. The molecular formula is C11H9ClFN3O4S. The number of sulfonamides is 1. The van der Waals surface area contributed by atoms with Crippen LogP contribution in [0.15, 0.2) is 38.9 Å². The Hall–Kier alpha value is -1.97. The van der Waals surface area contributed by atoms with Gasteiger partial charge >= 0.3 is 5.69 Å². The number of aromatic nitrogens is 2. The van der Waals surface area contributed by atoms with Gasteiger partial charge in [-0.15, -0.1) is 0 Å². The first kappa shape index (κ1) is 15.4. The van der Waals surface area contributed by atoms with Crippen molar-refractivity contribution >= 4 is 21.6 Å². The summed E-state index contributed by atoms with van der Waals surface area (Å²) in [6, 6.07) is 3.80. The molecule has 0 aliphatic heterocycles. The first-order valence-corrected chi connectivity index (χ1v) is 7.41. The second-order valence-corrected chi connectivity index (χ2v) is 6.13. The van der Waals surface area contributed by atoms with E-state index in [0.29, 0.717) is 0 Å². The number of nitrogens with one attached hydrogen (secondary N) is 1. The maximum Gasteiger partial charge on any atom is 0.328 e. The molecular weight excluding hydrogens is 325 g/mol. The fourth-order valence-corrected chi connectivity index (χ4v) is 2.39. The molecule has 0 fully saturated rings. The minimum absolute atomic E-state index is 0.0916. The highest BCUT2D eigenvalue weighted by atomic mass is 35.5. The van der Waals surface area contributed by atoms with Gasteiger partial charge in [-0.25, -0.2) is 22.7 Å². The Morgan fingerprint density at radius 1 is 1.33 bits per heavy atom. The van der Waals surface area contributed by atoms with E-state index in [-0.39, 0.29) is 17.1 Å². The Morgan fingerprint density at radius 2 is 2.00 bits per heavy atom. The van der Waals surface area contributed by atoms with E-state index in [4.69, 9.17) is 16.7 Å². The fraction of sp³-hybridized carbons (Fsp3) is 0.0909. The minimum atomic E-state index is -4.30. The number of benzene rings is 1. The van der Waals surface area contributed by atoms with Gasteiger partial charge in [0.2, 0.25) is 10.0 Å². The van der Waals surface area contributed by atoms with E-state index < -0.39 is 32.0 Å². The largest absolute Gasteiger partial charge is 0.328 e. The van der Waals surface area contributed by atoms with Gasteiger partial charge in [-0.3, -0.25) is 14.3 Å². The smallest absolute Gasteiger partial charge is 0.295 e. The van der Waals surface area contributed by atoms with Gasteiger partial charge in [-0.05, 0) is 12.1 Å². The highest BCUT2D eigenvalue weighted by molar-refractivity contribution is 7.89. The molecule has 0 saturated carbocycles. The van der Waals surface area contributed by atoms with Gasteiger partial charge in [0.25, 0.3) is 5.56 Å². The summed E-state index contributed by atoms with van der Waals surface area (Å²) in [5, 5.41) is 5.04. The number of hydrogen-bond acceptors (Lipinski definition) is 4. The lowest BCUT2D eigenvalue weighted by Crippen LogP contribution is -2.35. The van der Waals surface area contributed by atoms with Crippen LogP contribution in [-0.4, -0.2) is 18.0 Å². The van der Waals surface area contributed by atoms with Crippen molar-refractivity contribution in [3.8, 4) is 0 Å². The van der Waals surface area contributed by atoms with Crippen molar-refractivity contribution in [1.29, 1.82) is 0 Å². The van der Waals surface area contributed by atoms with Crippen LogP contribution < -0.4 is 16.4 Å².